The van der Waals surface area contributed by atoms with Crippen LogP contribution >= 0.6 is 11.8 Å². The van der Waals surface area contributed by atoms with Crippen LogP contribution in [0.5, 0.6) is 5.75 Å². The van der Waals surface area contributed by atoms with Crippen LogP contribution in [-0.4, -0.2) is 17.1 Å². The van der Waals surface area contributed by atoms with E-state index in [1.54, 1.807) is 13.2 Å². The SMILES string of the molecule is COc1ccccc1Sc1nc(NN)ncc1F. The molecule has 1 heterocycles. The van der Waals surface area contributed by atoms with E-state index in [0.717, 1.165) is 22.9 Å². The van der Waals surface area contributed by atoms with Crippen LogP contribution in [0.1, 0.15) is 0 Å². The van der Waals surface area contributed by atoms with Gasteiger partial charge in [-0.05, 0) is 12.1 Å². The number of benzene rings is 1. The lowest BCUT2D eigenvalue weighted by molar-refractivity contribution is 0.405. The standard InChI is InChI=1S/C11H11FN4OS/c1-17-8-4-2-3-5-9(8)18-10-7(12)6-14-11(15-10)16-13/h2-6H,13H2,1H3,(H,14,15,16). The molecule has 0 aliphatic rings. The zero-order valence-electron chi connectivity index (χ0n) is 9.55. The maximum absolute atomic E-state index is 13.6. The number of nitrogens with one attached hydrogen (secondary N) is 1. The molecule has 0 aliphatic heterocycles. The van der Waals surface area contributed by atoms with Gasteiger partial charge in [0.25, 0.3) is 0 Å². The summed E-state index contributed by atoms with van der Waals surface area (Å²) in [4.78, 5) is 8.39. The summed E-state index contributed by atoms with van der Waals surface area (Å²) in [5, 5.41) is 0.183. The summed E-state index contributed by atoms with van der Waals surface area (Å²) in [6.45, 7) is 0. The summed E-state index contributed by atoms with van der Waals surface area (Å²) in [5.41, 5.74) is 2.28. The molecule has 0 saturated heterocycles. The van der Waals surface area contributed by atoms with Gasteiger partial charge in [-0.1, -0.05) is 23.9 Å². The van der Waals surface area contributed by atoms with Crippen molar-refractivity contribution in [3.05, 3.63) is 36.3 Å². The molecule has 0 aliphatic carbocycles. The van der Waals surface area contributed by atoms with Gasteiger partial charge in [-0.25, -0.2) is 20.2 Å². The van der Waals surface area contributed by atoms with Crippen molar-refractivity contribution in [1.82, 2.24) is 9.97 Å². The molecule has 18 heavy (non-hydrogen) atoms. The predicted octanol–water partition coefficient (Wildman–Crippen LogP) is 2.06. The van der Waals surface area contributed by atoms with Crippen molar-refractivity contribution in [1.29, 1.82) is 0 Å². The number of aromatic nitrogens is 2. The van der Waals surface area contributed by atoms with E-state index in [2.05, 4.69) is 15.4 Å². The predicted molar refractivity (Wildman–Crippen MR) is 66.9 cm³/mol. The average Bonchev–Trinajstić information content (AvgIpc) is 2.42. The number of methoxy groups -OCH3 is 1. The minimum atomic E-state index is -0.509. The number of nitrogens with zero attached hydrogens (tertiary/aromatic N) is 2. The topological polar surface area (TPSA) is 73.1 Å². The molecular weight excluding hydrogens is 255 g/mol. The number of rotatable bonds is 4. The van der Waals surface area contributed by atoms with Crippen LogP contribution in [0.2, 0.25) is 0 Å². The molecule has 0 spiro atoms. The van der Waals surface area contributed by atoms with E-state index in [1.807, 2.05) is 18.2 Å². The molecule has 94 valence electrons. The number of halogens is 1. The van der Waals surface area contributed by atoms with Crippen molar-refractivity contribution in [3.63, 3.8) is 0 Å². The summed E-state index contributed by atoms with van der Waals surface area (Å²) in [6.07, 6.45) is 1.07. The number of nitrogens with two attached hydrogens (primary N) is 1. The monoisotopic (exact) mass is 266 g/mol. The van der Waals surface area contributed by atoms with Gasteiger partial charge in [0.2, 0.25) is 5.95 Å². The molecule has 0 bridgehead atoms. The quantitative estimate of drug-likeness (QED) is 0.501. The molecular formula is C11H11FN4OS. The van der Waals surface area contributed by atoms with Gasteiger partial charge < -0.3 is 4.74 Å². The summed E-state index contributed by atoms with van der Waals surface area (Å²) in [7, 11) is 1.56. The third-order valence-corrected chi connectivity index (χ3v) is 3.15. The number of ether oxygens (including phenoxy) is 1. The van der Waals surface area contributed by atoms with E-state index in [-0.39, 0.29) is 11.0 Å². The molecule has 0 amide bonds. The maximum Gasteiger partial charge on any atom is 0.238 e. The first-order chi connectivity index (χ1) is 8.74. The second kappa shape index (κ2) is 5.65. The Kier molecular flexibility index (Phi) is 3.96. The lowest BCUT2D eigenvalue weighted by Gasteiger charge is -2.08. The molecule has 0 saturated carbocycles. The Bertz CT molecular complexity index is 552. The Balaban J connectivity index is 2.33. The van der Waals surface area contributed by atoms with Gasteiger partial charge in [0.05, 0.1) is 18.2 Å². The minimum absolute atomic E-state index is 0.161. The molecule has 2 aromatic rings. The normalized spacial score (nSPS) is 10.2. The molecule has 2 rings (SSSR count). The second-order valence-corrected chi connectivity index (χ2v) is 4.27. The zero-order chi connectivity index (χ0) is 13.0. The smallest absolute Gasteiger partial charge is 0.238 e. The Hall–Kier alpha value is -1.86. The van der Waals surface area contributed by atoms with Crippen molar-refractivity contribution in [2.45, 2.75) is 9.92 Å². The number of hydrogen-bond donors (Lipinski definition) is 2. The molecule has 0 radical (unpaired) electrons. The highest BCUT2D eigenvalue weighted by Gasteiger charge is 2.11. The molecule has 3 N–H and O–H groups in total. The Morgan fingerprint density at radius 3 is 2.89 bits per heavy atom. The fraction of sp³-hybridized carbons (Fsp3) is 0.0909. The van der Waals surface area contributed by atoms with Crippen molar-refractivity contribution < 1.29 is 9.13 Å². The number of nitrogen functional groups attached to an aromatic ring is 1. The van der Waals surface area contributed by atoms with Crippen LogP contribution in [0.3, 0.4) is 0 Å². The van der Waals surface area contributed by atoms with Crippen LogP contribution in [0.25, 0.3) is 0 Å². The van der Waals surface area contributed by atoms with Gasteiger partial charge in [-0.2, -0.15) is 0 Å². The van der Waals surface area contributed by atoms with Gasteiger partial charge >= 0.3 is 0 Å². The first-order valence-electron chi connectivity index (χ1n) is 5.04. The van der Waals surface area contributed by atoms with Gasteiger partial charge in [0.1, 0.15) is 10.8 Å². The zero-order valence-corrected chi connectivity index (χ0v) is 10.4. The van der Waals surface area contributed by atoms with E-state index in [0.29, 0.717) is 5.75 Å². The fourth-order valence-electron chi connectivity index (χ4n) is 1.30. The summed E-state index contributed by atoms with van der Waals surface area (Å²) in [6, 6.07) is 7.29. The highest BCUT2D eigenvalue weighted by Crippen LogP contribution is 2.34. The largest absolute Gasteiger partial charge is 0.496 e. The number of hydrogen-bond acceptors (Lipinski definition) is 6. The molecule has 5 nitrogen and oxygen atoms in total. The molecule has 1 aromatic heterocycles. The van der Waals surface area contributed by atoms with E-state index in [9.17, 15) is 4.39 Å². The first kappa shape index (κ1) is 12.6. The summed E-state index contributed by atoms with van der Waals surface area (Å²) >= 11 is 1.15. The Labute approximate surface area is 108 Å². The van der Waals surface area contributed by atoms with E-state index < -0.39 is 5.82 Å². The Morgan fingerprint density at radius 2 is 2.17 bits per heavy atom. The highest BCUT2D eigenvalue weighted by atomic mass is 32.2. The van der Waals surface area contributed by atoms with Crippen molar-refractivity contribution in [2.75, 3.05) is 12.5 Å². The maximum atomic E-state index is 13.6. The van der Waals surface area contributed by atoms with Gasteiger partial charge in [-0.15, -0.1) is 0 Å². The van der Waals surface area contributed by atoms with Crippen molar-refractivity contribution in [3.8, 4) is 5.75 Å². The van der Waals surface area contributed by atoms with E-state index in [1.165, 1.54) is 0 Å². The number of anilines is 1. The van der Waals surface area contributed by atoms with E-state index in [4.69, 9.17) is 10.6 Å². The summed E-state index contributed by atoms with van der Waals surface area (Å²) in [5.74, 6) is 5.49. The van der Waals surface area contributed by atoms with Gasteiger partial charge in [-0.3, -0.25) is 5.43 Å². The van der Waals surface area contributed by atoms with E-state index >= 15 is 0 Å². The van der Waals surface area contributed by atoms with Gasteiger partial charge in [0.15, 0.2) is 5.82 Å². The first-order valence-corrected chi connectivity index (χ1v) is 5.86. The third-order valence-electron chi connectivity index (χ3n) is 2.12. The lowest BCUT2D eigenvalue weighted by Crippen LogP contribution is -2.11. The fourth-order valence-corrected chi connectivity index (χ4v) is 2.19. The Morgan fingerprint density at radius 1 is 1.39 bits per heavy atom. The third kappa shape index (κ3) is 2.69. The summed E-state index contributed by atoms with van der Waals surface area (Å²) < 4.78 is 18.8. The van der Waals surface area contributed by atoms with Crippen molar-refractivity contribution in [2.24, 2.45) is 5.84 Å². The molecule has 0 atom stereocenters. The van der Waals surface area contributed by atoms with Crippen LogP contribution in [-0.2, 0) is 0 Å². The lowest BCUT2D eigenvalue weighted by atomic mass is 10.3. The second-order valence-electron chi connectivity index (χ2n) is 3.24. The van der Waals surface area contributed by atoms with Crippen LogP contribution in [0.4, 0.5) is 10.3 Å². The van der Waals surface area contributed by atoms with Crippen LogP contribution in [0, 0.1) is 5.82 Å². The van der Waals surface area contributed by atoms with Crippen LogP contribution in [0.15, 0.2) is 40.4 Å². The minimum Gasteiger partial charge on any atom is -0.496 e. The average molecular weight is 266 g/mol. The molecule has 0 unspecified atom stereocenters. The van der Waals surface area contributed by atoms with Crippen LogP contribution < -0.4 is 16.0 Å². The number of para-hydroxylation sites is 1. The highest BCUT2D eigenvalue weighted by molar-refractivity contribution is 7.99. The molecule has 1 aromatic carbocycles. The molecule has 7 heteroatoms. The number of hydrazine groups is 1. The molecule has 0 fully saturated rings. The van der Waals surface area contributed by atoms with Crippen molar-refractivity contribution >= 4 is 17.7 Å². The van der Waals surface area contributed by atoms with Gasteiger partial charge in [0, 0.05) is 0 Å².